The number of hydrogen-bond acceptors (Lipinski definition) is 4. The lowest BCUT2D eigenvalue weighted by molar-refractivity contribution is -0.138. The van der Waals surface area contributed by atoms with Crippen LogP contribution in [0.1, 0.15) is 59.8 Å². The van der Waals surface area contributed by atoms with Gasteiger partial charge in [-0.1, -0.05) is 48.5 Å². The minimum absolute atomic E-state index is 0.162. The second-order valence-corrected chi connectivity index (χ2v) is 11.4. The van der Waals surface area contributed by atoms with Gasteiger partial charge in [-0.05, 0) is 97.6 Å². The van der Waals surface area contributed by atoms with Crippen molar-refractivity contribution in [1.29, 1.82) is 0 Å². The van der Waals surface area contributed by atoms with Crippen molar-refractivity contribution in [3.8, 4) is 5.75 Å². The summed E-state index contributed by atoms with van der Waals surface area (Å²) in [6, 6.07) is 25.9. The maximum atomic E-state index is 11.1. The van der Waals surface area contributed by atoms with E-state index < -0.39 is 5.97 Å². The first-order chi connectivity index (χ1) is 18.0. The molecule has 1 spiro atoms. The van der Waals surface area contributed by atoms with E-state index >= 15 is 0 Å². The zero-order valence-corrected chi connectivity index (χ0v) is 21.4. The average molecular weight is 497 g/mol. The molecule has 2 saturated heterocycles. The zero-order chi connectivity index (χ0) is 25.4. The van der Waals surface area contributed by atoms with Crippen molar-refractivity contribution in [2.45, 2.75) is 43.9 Å². The topological polar surface area (TPSA) is 64.0 Å². The molecule has 192 valence electrons. The number of benzene rings is 3. The van der Waals surface area contributed by atoms with Gasteiger partial charge in [-0.25, -0.2) is 0 Å². The number of carboxylic acid groups (broad SMARTS) is 1. The van der Waals surface area contributed by atoms with Gasteiger partial charge in [-0.3, -0.25) is 9.69 Å². The first-order valence-corrected chi connectivity index (χ1v) is 13.7. The van der Waals surface area contributed by atoms with Crippen LogP contribution in [0.2, 0.25) is 0 Å². The predicted octanol–water partition coefficient (Wildman–Crippen LogP) is 5.63. The molecule has 37 heavy (non-hydrogen) atoms. The Morgan fingerprint density at radius 3 is 2.46 bits per heavy atom. The molecule has 0 amide bonds. The zero-order valence-electron chi connectivity index (χ0n) is 21.4. The summed E-state index contributed by atoms with van der Waals surface area (Å²) in [5, 5.41) is 19.3. The van der Waals surface area contributed by atoms with Gasteiger partial charge in [0.15, 0.2) is 0 Å². The number of carbonyl (C=O) groups is 1. The van der Waals surface area contributed by atoms with Crippen molar-refractivity contribution in [2.75, 3.05) is 37.6 Å². The predicted molar refractivity (Wildman–Crippen MR) is 146 cm³/mol. The fraction of sp³-hybridized carbons (Fsp3) is 0.406. The number of phenols is 1. The molecule has 5 nitrogen and oxygen atoms in total. The van der Waals surface area contributed by atoms with Crippen LogP contribution in [0, 0.1) is 5.41 Å². The van der Waals surface area contributed by atoms with Crippen LogP contribution in [0.25, 0.3) is 0 Å². The van der Waals surface area contributed by atoms with E-state index in [0.29, 0.717) is 17.1 Å². The molecule has 6 rings (SSSR count). The molecular weight excluding hydrogens is 460 g/mol. The molecule has 0 unspecified atom stereocenters. The fourth-order valence-corrected chi connectivity index (χ4v) is 7.09. The van der Waals surface area contributed by atoms with Gasteiger partial charge in [-0.2, -0.15) is 0 Å². The summed E-state index contributed by atoms with van der Waals surface area (Å²) in [7, 11) is 0. The molecule has 2 N–H and O–H groups in total. The van der Waals surface area contributed by atoms with E-state index in [1.165, 1.54) is 34.4 Å². The van der Waals surface area contributed by atoms with Crippen molar-refractivity contribution >= 4 is 11.7 Å². The highest BCUT2D eigenvalue weighted by Crippen LogP contribution is 2.48. The Balaban J connectivity index is 1.20. The normalized spacial score (nSPS) is 23.2. The number of aliphatic carboxylic acids is 1. The largest absolute Gasteiger partial charge is 0.508 e. The van der Waals surface area contributed by atoms with Crippen LogP contribution < -0.4 is 4.90 Å². The van der Waals surface area contributed by atoms with E-state index in [4.69, 9.17) is 5.11 Å². The van der Waals surface area contributed by atoms with Gasteiger partial charge in [0, 0.05) is 30.1 Å². The van der Waals surface area contributed by atoms with Crippen LogP contribution >= 0.6 is 0 Å². The second kappa shape index (κ2) is 9.86. The second-order valence-electron chi connectivity index (χ2n) is 11.4. The van der Waals surface area contributed by atoms with Crippen molar-refractivity contribution in [1.82, 2.24) is 4.90 Å². The Bertz CT molecular complexity index is 1250. The number of aromatic hydroxyl groups is 1. The number of phenolic OH excluding ortho intramolecular Hbond substituents is 1. The molecule has 3 aromatic rings. The number of carboxylic acids is 1. The third-order valence-corrected chi connectivity index (χ3v) is 8.98. The lowest BCUT2D eigenvalue weighted by Crippen LogP contribution is -2.56. The minimum atomic E-state index is -0.724. The molecule has 2 atom stereocenters. The lowest BCUT2D eigenvalue weighted by atomic mass is 9.69. The quantitative estimate of drug-likeness (QED) is 0.479. The van der Waals surface area contributed by atoms with Crippen molar-refractivity contribution < 1.29 is 15.0 Å². The highest BCUT2D eigenvalue weighted by molar-refractivity contribution is 5.69. The summed E-state index contributed by atoms with van der Waals surface area (Å²) in [6.07, 6.45) is 5.40. The highest BCUT2D eigenvalue weighted by Gasteiger charge is 2.43. The van der Waals surface area contributed by atoms with Crippen molar-refractivity contribution in [3.63, 3.8) is 0 Å². The maximum Gasteiger partial charge on any atom is 0.317 e. The van der Waals surface area contributed by atoms with Crippen molar-refractivity contribution in [3.05, 3.63) is 95.1 Å². The molecule has 5 heteroatoms. The van der Waals surface area contributed by atoms with Gasteiger partial charge in [0.05, 0.1) is 6.54 Å². The molecule has 3 aliphatic rings. The van der Waals surface area contributed by atoms with Gasteiger partial charge in [-0.15, -0.1) is 0 Å². The van der Waals surface area contributed by atoms with Gasteiger partial charge in [0.25, 0.3) is 0 Å². The Kier molecular flexibility index (Phi) is 6.41. The summed E-state index contributed by atoms with van der Waals surface area (Å²) in [5.74, 6) is 0.308. The standard InChI is InChI=1S/C32H36N2O3/c35-27-12-14-29-25(19-27)9-13-28(23-5-2-1-3-6-23)31(29)24-7-10-26(11-8-24)34-21-32(22-34)15-4-17-33(18-16-32)20-30(36)37/h1-3,5-8,10-12,14,19,28,31,35H,4,9,13,15-18,20-22H2,(H,36,37)/t28-,31+/m1/s1. The number of hydrogen-bond donors (Lipinski definition) is 2. The molecule has 0 bridgehead atoms. The van der Waals surface area contributed by atoms with E-state index in [9.17, 15) is 9.90 Å². The van der Waals surface area contributed by atoms with Crippen LogP contribution in [-0.2, 0) is 11.2 Å². The Hall–Kier alpha value is -3.31. The number of nitrogens with zero attached hydrogens (tertiary/aromatic N) is 2. The molecule has 2 aliphatic heterocycles. The van der Waals surface area contributed by atoms with Crippen LogP contribution in [0.3, 0.4) is 0 Å². The number of anilines is 1. The van der Waals surface area contributed by atoms with Gasteiger partial charge >= 0.3 is 5.97 Å². The maximum absolute atomic E-state index is 11.1. The summed E-state index contributed by atoms with van der Waals surface area (Å²) in [5.41, 5.74) is 6.91. The highest BCUT2D eigenvalue weighted by atomic mass is 16.4. The third-order valence-electron chi connectivity index (χ3n) is 8.98. The Morgan fingerprint density at radius 2 is 1.70 bits per heavy atom. The molecule has 3 aromatic carbocycles. The van der Waals surface area contributed by atoms with Crippen LogP contribution in [0.15, 0.2) is 72.8 Å². The lowest BCUT2D eigenvalue weighted by Gasteiger charge is -2.51. The molecule has 2 fully saturated rings. The van der Waals surface area contributed by atoms with Crippen molar-refractivity contribution in [2.24, 2.45) is 5.41 Å². The monoisotopic (exact) mass is 496 g/mol. The average Bonchev–Trinajstić information content (AvgIpc) is 3.10. The number of fused-ring (bicyclic) bond motifs is 1. The number of rotatable bonds is 5. The first-order valence-electron chi connectivity index (χ1n) is 13.7. The smallest absolute Gasteiger partial charge is 0.317 e. The fourth-order valence-electron chi connectivity index (χ4n) is 7.09. The minimum Gasteiger partial charge on any atom is -0.508 e. The number of likely N-dealkylation sites (tertiary alicyclic amines) is 1. The molecule has 2 heterocycles. The number of aryl methyl sites for hydroxylation is 1. The van der Waals surface area contributed by atoms with Crippen LogP contribution in [0.4, 0.5) is 5.69 Å². The molecular formula is C32H36N2O3. The van der Waals surface area contributed by atoms with Gasteiger partial charge in [0.1, 0.15) is 5.75 Å². The van der Waals surface area contributed by atoms with E-state index in [-0.39, 0.29) is 12.5 Å². The van der Waals surface area contributed by atoms with E-state index in [1.807, 2.05) is 12.1 Å². The summed E-state index contributed by atoms with van der Waals surface area (Å²) in [4.78, 5) is 15.7. The van der Waals surface area contributed by atoms with Gasteiger partial charge < -0.3 is 15.1 Å². The Labute approximate surface area is 219 Å². The van der Waals surface area contributed by atoms with Crippen LogP contribution in [0.5, 0.6) is 5.75 Å². The van der Waals surface area contributed by atoms with E-state index in [0.717, 1.165) is 51.9 Å². The molecule has 0 saturated carbocycles. The molecule has 1 aliphatic carbocycles. The SMILES string of the molecule is O=C(O)CN1CCCC2(CC1)CN(c1ccc([C@@H]3c4ccc(O)cc4CC[C@@H]3c3ccccc3)cc1)C2. The summed E-state index contributed by atoms with van der Waals surface area (Å²) < 4.78 is 0. The molecule has 0 radical (unpaired) electrons. The Morgan fingerprint density at radius 1 is 0.919 bits per heavy atom. The third kappa shape index (κ3) is 4.85. The van der Waals surface area contributed by atoms with E-state index in [1.54, 1.807) is 0 Å². The van der Waals surface area contributed by atoms with E-state index in [2.05, 4.69) is 70.5 Å². The summed E-state index contributed by atoms with van der Waals surface area (Å²) >= 11 is 0. The summed E-state index contributed by atoms with van der Waals surface area (Å²) in [6.45, 7) is 4.06. The first kappa shape index (κ1) is 24.1. The molecule has 0 aromatic heterocycles. The van der Waals surface area contributed by atoms with Crippen LogP contribution in [-0.4, -0.2) is 53.8 Å². The van der Waals surface area contributed by atoms with Gasteiger partial charge in [0.2, 0.25) is 0 Å².